The number of halogens is 1. The van der Waals surface area contributed by atoms with Crippen molar-refractivity contribution in [2.75, 3.05) is 11.9 Å². The lowest BCUT2D eigenvalue weighted by Crippen LogP contribution is -2.38. The zero-order chi connectivity index (χ0) is 13.5. The van der Waals surface area contributed by atoms with E-state index < -0.39 is 0 Å². The van der Waals surface area contributed by atoms with Crippen LogP contribution in [0.5, 0.6) is 0 Å². The fourth-order valence-electron chi connectivity index (χ4n) is 2.45. The molecule has 4 heteroatoms. The summed E-state index contributed by atoms with van der Waals surface area (Å²) in [6, 6.07) is 0. The standard InChI is InChI=1S/C14H25BrO3/c1-10(5-4-8-17-12(3)16)13-7-6-11(2)14(9-15)18-13/h10-11,13-14H,4-9H2,1-3H3/t10-,11+,13-,14-/m1/s1. The minimum atomic E-state index is -0.190. The summed E-state index contributed by atoms with van der Waals surface area (Å²) in [5.41, 5.74) is 0. The van der Waals surface area contributed by atoms with Crippen molar-refractivity contribution in [2.45, 2.75) is 58.7 Å². The van der Waals surface area contributed by atoms with Gasteiger partial charge in [-0.2, -0.15) is 0 Å². The fraction of sp³-hybridized carbons (Fsp3) is 0.929. The van der Waals surface area contributed by atoms with Gasteiger partial charge in [0.15, 0.2) is 0 Å². The first-order valence-electron chi connectivity index (χ1n) is 6.89. The molecule has 4 atom stereocenters. The Morgan fingerprint density at radius 1 is 1.50 bits per heavy atom. The maximum atomic E-state index is 10.7. The van der Waals surface area contributed by atoms with E-state index in [2.05, 4.69) is 29.8 Å². The second-order valence-corrected chi connectivity index (χ2v) is 6.03. The van der Waals surface area contributed by atoms with E-state index in [1.165, 1.54) is 13.3 Å². The molecule has 1 rings (SSSR count). The molecule has 1 saturated heterocycles. The highest BCUT2D eigenvalue weighted by molar-refractivity contribution is 9.09. The van der Waals surface area contributed by atoms with E-state index in [1.807, 2.05) is 0 Å². The molecule has 1 aliphatic heterocycles. The summed E-state index contributed by atoms with van der Waals surface area (Å²) in [4.78, 5) is 10.7. The van der Waals surface area contributed by atoms with Gasteiger partial charge in [-0.3, -0.25) is 4.79 Å². The molecule has 0 unspecified atom stereocenters. The first-order valence-corrected chi connectivity index (χ1v) is 8.01. The molecule has 0 aromatic rings. The summed E-state index contributed by atoms with van der Waals surface area (Å²) in [5, 5.41) is 0.921. The quantitative estimate of drug-likeness (QED) is 0.426. The van der Waals surface area contributed by atoms with E-state index >= 15 is 0 Å². The van der Waals surface area contributed by atoms with Crippen molar-refractivity contribution >= 4 is 21.9 Å². The van der Waals surface area contributed by atoms with Crippen molar-refractivity contribution in [2.24, 2.45) is 11.8 Å². The summed E-state index contributed by atoms with van der Waals surface area (Å²) >= 11 is 3.53. The van der Waals surface area contributed by atoms with Gasteiger partial charge in [-0.1, -0.05) is 29.8 Å². The first-order chi connectivity index (χ1) is 8.54. The molecule has 1 heterocycles. The molecule has 0 radical (unpaired) electrons. The van der Waals surface area contributed by atoms with Crippen LogP contribution in [0.3, 0.4) is 0 Å². The molecule has 18 heavy (non-hydrogen) atoms. The number of carbonyl (C=O) groups excluding carboxylic acids is 1. The summed E-state index contributed by atoms with van der Waals surface area (Å²) in [7, 11) is 0. The molecule has 0 saturated carbocycles. The highest BCUT2D eigenvalue weighted by Gasteiger charge is 2.30. The number of hydrogen-bond donors (Lipinski definition) is 0. The van der Waals surface area contributed by atoms with E-state index in [9.17, 15) is 4.79 Å². The average Bonchev–Trinajstić information content (AvgIpc) is 2.34. The highest BCUT2D eigenvalue weighted by atomic mass is 79.9. The van der Waals surface area contributed by atoms with Crippen molar-refractivity contribution < 1.29 is 14.3 Å². The van der Waals surface area contributed by atoms with Crippen LogP contribution in [0.15, 0.2) is 0 Å². The number of carbonyl (C=O) groups is 1. The molecular weight excluding hydrogens is 296 g/mol. The normalized spacial score (nSPS) is 29.9. The third-order valence-corrected chi connectivity index (χ3v) is 4.42. The Hall–Kier alpha value is -0.0900. The second-order valence-electron chi connectivity index (χ2n) is 5.38. The van der Waals surface area contributed by atoms with Crippen LogP contribution in [0.4, 0.5) is 0 Å². The van der Waals surface area contributed by atoms with E-state index in [-0.39, 0.29) is 5.97 Å². The fourth-order valence-corrected chi connectivity index (χ4v) is 3.24. The number of ether oxygens (including phenoxy) is 2. The van der Waals surface area contributed by atoms with Gasteiger partial charge < -0.3 is 9.47 Å². The molecule has 0 spiro atoms. The Kier molecular flexibility index (Phi) is 7.23. The van der Waals surface area contributed by atoms with Gasteiger partial charge in [0.05, 0.1) is 18.8 Å². The van der Waals surface area contributed by atoms with Crippen LogP contribution in [0.2, 0.25) is 0 Å². The predicted molar refractivity (Wildman–Crippen MR) is 75.9 cm³/mol. The first kappa shape index (κ1) is 16.0. The van der Waals surface area contributed by atoms with E-state index in [0.717, 1.165) is 24.6 Å². The highest BCUT2D eigenvalue weighted by Crippen LogP contribution is 2.31. The second kappa shape index (κ2) is 8.16. The molecule has 0 aromatic carbocycles. The third kappa shape index (κ3) is 5.27. The van der Waals surface area contributed by atoms with Crippen molar-refractivity contribution in [1.29, 1.82) is 0 Å². The van der Waals surface area contributed by atoms with Gasteiger partial charge in [-0.15, -0.1) is 0 Å². The molecule has 106 valence electrons. The SMILES string of the molecule is CC(=O)OCCC[C@@H](C)[C@H]1CC[C@H](C)[C@@H](CBr)O1. The lowest BCUT2D eigenvalue weighted by molar-refractivity contribution is -0.141. The van der Waals surface area contributed by atoms with Crippen molar-refractivity contribution in [3.63, 3.8) is 0 Å². The summed E-state index contributed by atoms with van der Waals surface area (Å²) in [6.45, 7) is 6.48. The molecule has 0 bridgehead atoms. The summed E-state index contributed by atoms with van der Waals surface area (Å²) < 4.78 is 11.1. The monoisotopic (exact) mass is 320 g/mol. The maximum Gasteiger partial charge on any atom is 0.302 e. The van der Waals surface area contributed by atoms with Crippen LogP contribution in [-0.2, 0) is 14.3 Å². The predicted octanol–water partition coefficient (Wildman–Crippen LogP) is 3.54. The molecule has 0 aliphatic carbocycles. The minimum Gasteiger partial charge on any atom is -0.466 e. The van der Waals surface area contributed by atoms with Crippen LogP contribution in [-0.4, -0.2) is 30.1 Å². The molecular formula is C14H25BrO3. The van der Waals surface area contributed by atoms with Gasteiger partial charge in [0.2, 0.25) is 0 Å². The van der Waals surface area contributed by atoms with E-state index in [1.54, 1.807) is 0 Å². The number of hydrogen-bond acceptors (Lipinski definition) is 3. The van der Waals surface area contributed by atoms with E-state index in [4.69, 9.17) is 9.47 Å². The molecule has 0 aromatic heterocycles. The Morgan fingerprint density at radius 2 is 2.22 bits per heavy atom. The van der Waals surface area contributed by atoms with Gasteiger partial charge in [-0.25, -0.2) is 0 Å². The van der Waals surface area contributed by atoms with Crippen LogP contribution >= 0.6 is 15.9 Å². The van der Waals surface area contributed by atoms with Gasteiger partial charge in [0.25, 0.3) is 0 Å². The van der Waals surface area contributed by atoms with Crippen LogP contribution < -0.4 is 0 Å². The number of alkyl halides is 1. The molecule has 3 nitrogen and oxygen atoms in total. The molecule has 1 aliphatic rings. The van der Waals surface area contributed by atoms with Crippen LogP contribution in [0.25, 0.3) is 0 Å². The Balaban J connectivity index is 2.24. The summed E-state index contributed by atoms with van der Waals surface area (Å²) in [6.07, 6.45) is 5.09. The van der Waals surface area contributed by atoms with Gasteiger partial charge in [-0.05, 0) is 37.5 Å². The molecule has 0 N–H and O–H groups in total. The van der Waals surface area contributed by atoms with Gasteiger partial charge >= 0.3 is 5.97 Å². The average molecular weight is 321 g/mol. The Morgan fingerprint density at radius 3 is 2.83 bits per heavy atom. The molecule has 0 amide bonds. The summed E-state index contributed by atoms with van der Waals surface area (Å²) in [5.74, 6) is 0.994. The minimum absolute atomic E-state index is 0.190. The Bertz CT molecular complexity index is 257. The van der Waals surface area contributed by atoms with Crippen molar-refractivity contribution in [3.05, 3.63) is 0 Å². The molecule has 1 fully saturated rings. The largest absolute Gasteiger partial charge is 0.466 e. The maximum absolute atomic E-state index is 10.7. The zero-order valence-corrected chi connectivity index (χ0v) is 13.2. The lowest BCUT2D eigenvalue weighted by Gasteiger charge is -2.37. The number of rotatable bonds is 6. The van der Waals surface area contributed by atoms with Gasteiger partial charge in [0.1, 0.15) is 0 Å². The Labute approximate surface area is 119 Å². The smallest absolute Gasteiger partial charge is 0.302 e. The van der Waals surface area contributed by atoms with Crippen molar-refractivity contribution in [1.82, 2.24) is 0 Å². The van der Waals surface area contributed by atoms with Crippen LogP contribution in [0, 0.1) is 11.8 Å². The van der Waals surface area contributed by atoms with Gasteiger partial charge in [0, 0.05) is 12.3 Å². The van der Waals surface area contributed by atoms with Crippen molar-refractivity contribution in [3.8, 4) is 0 Å². The zero-order valence-electron chi connectivity index (χ0n) is 11.7. The third-order valence-electron chi connectivity index (χ3n) is 3.79. The van der Waals surface area contributed by atoms with Crippen LogP contribution in [0.1, 0.15) is 46.5 Å². The van der Waals surface area contributed by atoms with E-state index in [0.29, 0.717) is 30.7 Å². The topological polar surface area (TPSA) is 35.5 Å². The lowest BCUT2D eigenvalue weighted by atomic mass is 9.87. The number of esters is 1.